The second kappa shape index (κ2) is 19.4. The Morgan fingerprint density at radius 3 is 2.38 bits per heavy atom. The normalized spacial score (nSPS) is 18.9. The van der Waals surface area contributed by atoms with E-state index in [9.17, 15) is 22.4 Å². The van der Waals surface area contributed by atoms with Gasteiger partial charge in [0.15, 0.2) is 11.6 Å². The summed E-state index contributed by atoms with van der Waals surface area (Å²) >= 11 is 6.03. The van der Waals surface area contributed by atoms with Crippen molar-refractivity contribution in [1.29, 1.82) is 0 Å². The predicted octanol–water partition coefficient (Wildman–Crippen LogP) is 3.96. The number of nitrogens with one attached hydrogen (secondary N) is 2. The second-order valence-corrected chi connectivity index (χ2v) is 18.3. The summed E-state index contributed by atoms with van der Waals surface area (Å²) in [6.45, 7) is 13.8. The Bertz CT molecular complexity index is 1770. The Morgan fingerprint density at radius 1 is 1.07 bits per heavy atom. The highest BCUT2D eigenvalue weighted by Gasteiger charge is 2.46. The van der Waals surface area contributed by atoms with Crippen molar-refractivity contribution in [2.24, 2.45) is 11.3 Å². The number of nitrogens with zero attached hydrogens (tertiary/aromatic N) is 7. The van der Waals surface area contributed by atoms with Gasteiger partial charge in [-0.1, -0.05) is 6.08 Å². The molecule has 2 amide bonds. The van der Waals surface area contributed by atoms with Crippen molar-refractivity contribution in [2.75, 3.05) is 83.8 Å². The van der Waals surface area contributed by atoms with Crippen LogP contribution in [0.3, 0.4) is 0 Å². The first-order valence-corrected chi connectivity index (χ1v) is 21.6. The van der Waals surface area contributed by atoms with Gasteiger partial charge in [-0.25, -0.2) is 19.1 Å². The number of piperidine rings is 2. The molecule has 0 aliphatic carbocycles. The molecule has 1 aromatic heterocycles. The molecule has 5 rings (SSSR count). The van der Waals surface area contributed by atoms with Gasteiger partial charge in [-0.3, -0.25) is 9.59 Å². The van der Waals surface area contributed by atoms with E-state index in [1.807, 2.05) is 46.7 Å². The number of carbonyl (C=O) groups is 2. The standard InChI is InChI=1S/C39H59ClFN9O5S/c1-28(2)50(29(3)4)38(52)33-20-31(41)9-10-34(33)55-35-23-42-27-43-37(35)48-25-39(26-48)13-18-47(19-14-39)24-30-11-16-49(17-12-30)56(53,54)44-22-32(21-40)45-36(51)8-7-15-46(5)6/h7-10,20,23,27-30,32,44H,11-19,21-22,24-26H2,1-6H3,(H,45,51)/b8-7+. The molecule has 0 radical (unpaired) electrons. The van der Waals surface area contributed by atoms with Crippen molar-refractivity contribution in [1.82, 2.24) is 39.0 Å². The molecule has 3 fully saturated rings. The van der Waals surface area contributed by atoms with Crippen LogP contribution in [0.1, 0.15) is 63.7 Å². The first kappa shape index (κ1) is 43.7. The molecule has 0 saturated carbocycles. The topological polar surface area (TPSA) is 144 Å². The molecule has 1 unspecified atom stereocenters. The zero-order valence-electron chi connectivity index (χ0n) is 33.6. The zero-order chi connectivity index (χ0) is 40.6. The molecule has 3 aliphatic heterocycles. The second-order valence-electron chi connectivity index (χ2n) is 16.2. The van der Waals surface area contributed by atoms with Crippen LogP contribution in [0.2, 0.25) is 0 Å². The number of ether oxygens (including phenoxy) is 1. The molecule has 0 bridgehead atoms. The maximum Gasteiger partial charge on any atom is 0.279 e. The highest BCUT2D eigenvalue weighted by molar-refractivity contribution is 7.87. The van der Waals surface area contributed by atoms with E-state index in [1.54, 1.807) is 17.2 Å². The summed E-state index contributed by atoms with van der Waals surface area (Å²) < 4.78 is 51.0. The molecule has 3 aliphatic rings. The highest BCUT2D eigenvalue weighted by Crippen LogP contribution is 2.45. The fourth-order valence-electron chi connectivity index (χ4n) is 7.90. The largest absolute Gasteiger partial charge is 0.451 e. The van der Waals surface area contributed by atoms with E-state index < -0.39 is 22.1 Å². The number of anilines is 1. The fraction of sp³-hybridized carbons (Fsp3) is 0.641. The number of carbonyl (C=O) groups excluding carboxylic acids is 2. The van der Waals surface area contributed by atoms with Crippen LogP contribution in [0.4, 0.5) is 10.2 Å². The molecule has 1 spiro atoms. The molecule has 2 N–H and O–H groups in total. The average Bonchev–Trinajstić information content (AvgIpc) is 3.13. The number of aromatic nitrogens is 2. The van der Waals surface area contributed by atoms with Crippen molar-refractivity contribution in [3.8, 4) is 11.5 Å². The summed E-state index contributed by atoms with van der Waals surface area (Å²) in [6.07, 6.45) is 9.90. The molecular formula is C39H59ClFN9O5S. The van der Waals surface area contributed by atoms with Crippen LogP contribution in [0, 0.1) is 17.2 Å². The number of amides is 2. The van der Waals surface area contributed by atoms with Gasteiger partial charge >= 0.3 is 0 Å². The van der Waals surface area contributed by atoms with Crippen molar-refractivity contribution in [3.63, 3.8) is 0 Å². The summed E-state index contributed by atoms with van der Waals surface area (Å²) in [5.74, 6) is 0.686. The van der Waals surface area contributed by atoms with Crippen LogP contribution < -0.4 is 19.7 Å². The summed E-state index contributed by atoms with van der Waals surface area (Å²) in [4.78, 5) is 42.9. The van der Waals surface area contributed by atoms with Crippen LogP contribution in [-0.4, -0.2) is 146 Å². The molecule has 1 aromatic carbocycles. The Hall–Kier alpha value is -3.41. The van der Waals surface area contributed by atoms with Crippen LogP contribution in [0.25, 0.3) is 0 Å². The Kier molecular flexibility index (Phi) is 15.1. The van der Waals surface area contributed by atoms with Gasteiger partial charge < -0.3 is 29.7 Å². The van der Waals surface area contributed by atoms with Crippen molar-refractivity contribution in [3.05, 3.63) is 54.3 Å². The summed E-state index contributed by atoms with van der Waals surface area (Å²) in [6, 6.07) is 3.31. The van der Waals surface area contributed by atoms with Crippen molar-refractivity contribution >= 4 is 39.4 Å². The van der Waals surface area contributed by atoms with Gasteiger partial charge in [-0.15, -0.1) is 11.6 Å². The first-order valence-electron chi connectivity index (χ1n) is 19.6. The van der Waals surface area contributed by atoms with Crippen molar-refractivity contribution < 1.29 is 27.1 Å². The number of likely N-dealkylation sites (tertiary alicyclic amines) is 1. The van der Waals surface area contributed by atoms with Gasteiger partial charge in [0.1, 0.15) is 17.9 Å². The maximum atomic E-state index is 14.4. The molecule has 56 heavy (non-hydrogen) atoms. The number of benzene rings is 1. The van der Waals surface area contributed by atoms with Crippen LogP contribution in [0.15, 0.2) is 42.9 Å². The Morgan fingerprint density at radius 2 is 1.75 bits per heavy atom. The SMILES string of the molecule is CC(C)N(C(=O)c1cc(F)ccc1Oc1cncnc1N1CC2(CCN(CC3CCN(S(=O)(=O)NCC(CCl)NC(=O)/C=C/CN(C)C)CC3)CC2)C1)C(C)C. The predicted molar refractivity (Wildman–Crippen MR) is 217 cm³/mol. The van der Waals surface area contributed by atoms with Gasteiger partial charge in [-0.2, -0.15) is 12.7 Å². The minimum atomic E-state index is -3.71. The number of hydrogen-bond acceptors (Lipinski definition) is 10. The zero-order valence-corrected chi connectivity index (χ0v) is 35.2. The van der Waals surface area contributed by atoms with E-state index in [2.05, 4.69) is 29.8 Å². The van der Waals surface area contributed by atoms with E-state index in [-0.39, 0.29) is 53.1 Å². The quantitative estimate of drug-likeness (QED) is 0.178. The molecule has 17 heteroatoms. The molecule has 3 saturated heterocycles. The van der Waals surface area contributed by atoms with Gasteiger partial charge in [0.05, 0.1) is 17.8 Å². The van der Waals surface area contributed by atoms with Gasteiger partial charge in [-0.05, 0) is 105 Å². The average molecular weight is 820 g/mol. The third-order valence-electron chi connectivity index (χ3n) is 10.9. The van der Waals surface area contributed by atoms with E-state index in [4.69, 9.17) is 16.3 Å². The van der Waals surface area contributed by atoms with E-state index in [0.29, 0.717) is 37.1 Å². The highest BCUT2D eigenvalue weighted by atomic mass is 35.5. The number of alkyl halides is 1. The van der Waals surface area contributed by atoms with Crippen LogP contribution >= 0.6 is 11.6 Å². The summed E-state index contributed by atoms with van der Waals surface area (Å²) in [5.41, 5.74) is 0.317. The monoisotopic (exact) mass is 819 g/mol. The maximum absolute atomic E-state index is 14.4. The third-order valence-corrected chi connectivity index (χ3v) is 12.8. The lowest BCUT2D eigenvalue weighted by atomic mass is 9.72. The number of rotatable bonds is 17. The van der Waals surface area contributed by atoms with E-state index in [1.165, 1.54) is 34.9 Å². The minimum Gasteiger partial charge on any atom is -0.451 e. The molecule has 2 aromatic rings. The van der Waals surface area contributed by atoms with E-state index in [0.717, 1.165) is 58.4 Å². The lowest BCUT2D eigenvalue weighted by Gasteiger charge is -2.54. The van der Waals surface area contributed by atoms with Crippen LogP contribution in [-0.2, 0) is 15.0 Å². The number of halogens is 2. The number of hydrogen-bond donors (Lipinski definition) is 2. The Labute approximate surface area is 337 Å². The molecule has 310 valence electrons. The minimum absolute atomic E-state index is 0.0173. The van der Waals surface area contributed by atoms with Gasteiger partial charge in [0.2, 0.25) is 5.91 Å². The van der Waals surface area contributed by atoms with Crippen LogP contribution in [0.5, 0.6) is 11.5 Å². The molecule has 4 heterocycles. The van der Waals surface area contributed by atoms with E-state index >= 15 is 0 Å². The molecule has 1 atom stereocenters. The van der Waals surface area contributed by atoms with Gasteiger partial charge in [0, 0.05) is 75.3 Å². The molecular weight excluding hydrogens is 761 g/mol. The number of likely N-dealkylation sites (N-methyl/N-ethyl adjacent to an activating group) is 1. The third kappa shape index (κ3) is 11.4. The first-order chi connectivity index (χ1) is 26.6. The molecule has 14 nitrogen and oxygen atoms in total. The lowest BCUT2D eigenvalue weighted by Crippen LogP contribution is -2.61. The Balaban J connectivity index is 1.08. The lowest BCUT2D eigenvalue weighted by molar-refractivity contribution is -0.117. The summed E-state index contributed by atoms with van der Waals surface area (Å²) in [5, 5.41) is 2.76. The van der Waals surface area contributed by atoms with Crippen molar-refractivity contribution in [2.45, 2.75) is 71.5 Å². The summed E-state index contributed by atoms with van der Waals surface area (Å²) in [7, 11) is 0.0953. The smallest absolute Gasteiger partial charge is 0.279 e. The fourth-order valence-corrected chi connectivity index (χ4v) is 9.37. The van der Waals surface area contributed by atoms with Gasteiger partial charge in [0.25, 0.3) is 16.1 Å².